The Bertz CT molecular complexity index is 780. The van der Waals surface area contributed by atoms with Gasteiger partial charge in [-0.15, -0.1) is 0 Å². The van der Waals surface area contributed by atoms with Gasteiger partial charge in [-0.2, -0.15) is 0 Å². The van der Waals surface area contributed by atoms with Gasteiger partial charge in [-0.25, -0.2) is 4.39 Å². The van der Waals surface area contributed by atoms with Crippen molar-refractivity contribution < 1.29 is 18.7 Å². The van der Waals surface area contributed by atoms with Crippen LogP contribution >= 0.6 is 23.2 Å². The maximum Gasteiger partial charge on any atom is 0.310 e. The van der Waals surface area contributed by atoms with E-state index >= 15 is 0 Å². The third-order valence-corrected chi connectivity index (χ3v) is 3.76. The van der Waals surface area contributed by atoms with Crippen LogP contribution in [0, 0.1) is 12.7 Å². The number of carbonyl (C=O) groups excluding carboxylic acids is 2. The molecule has 0 saturated heterocycles. The molecule has 2 aromatic carbocycles. The minimum absolute atomic E-state index is 0.0809. The molecule has 0 atom stereocenters. The highest BCUT2D eigenvalue weighted by atomic mass is 35.5. The van der Waals surface area contributed by atoms with Crippen molar-refractivity contribution in [3.63, 3.8) is 0 Å². The van der Waals surface area contributed by atoms with Gasteiger partial charge in [0, 0.05) is 15.7 Å². The Labute approximate surface area is 148 Å². The highest BCUT2D eigenvalue weighted by Gasteiger charge is 2.12. The minimum Gasteiger partial charge on any atom is -0.455 e. The molecule has 24 heavy (non-hydrogen) atoms. The van der Waals surface area contributed by atoms with Crippen molar-refractivity contribution >= 4 is 40.8 Å². The molecule has 0 aliphatic heterocycles. The van der Waals surface area contributed by atoms with Crippen molar-refractivity contribution in [2.45, 2.75) is 13.3 Å². The zero-order valence-electron chi connectivity index (χ0n) is 12.7. The van der Waals surface area contributed by atoms with Crippen molar-refractivity contribution in [3.05, 3.63) is 63.4 Å². The van der Waals surface area contributed by atoms with Gasteiger partial charge < -0.3 is 10.1 Å². The van der Waals surface area contributed by atoms with E-state index < -0.39 is 24.3 Å². The molecular weight excluding hydrogens is 356 g/mol. The fourth-order valence-corrected chi connectivity index (χ4v) is 2.36. The van der Waals surface area contributed by atoms with E-state index in [1.54, 1.807) is 31.2 Å². The second-order valence-electron chi connectivity index (χ2n) is 5.09. The number of esters is 1. The lowest BCUT2D eigenvalue weighted by atomic mass is 10.1. The molecular formula is C17H14Cl2FNO3. The normalized spacial score (nSPS) is 10.3. The number of nitrogens with one attached hydrogen (secondary N) is 1. The third kappa shape index (κ3) is 5.22. The van der Waals surface area contributed by atoms with Gasteiger partial charge in [0.25, 0.3) is 5.91 Å². The molecule has 0 aliphatic rings. The van der Waals surface area contributed by atoms with Crippen LogP contribution in [-0.2, 0) is 20.7 Å². The molecule has 0 fully saturated rings. The van der Waals surface area contributed by atoms with Gasteiger partial charge in [0.05, 0.1) is 6.42 Å². The van der Waals surface area contributed by atoms with Crippen LogP contribution in [0.25, 0.3) is 0 Å². The number of aryl methyl sites for hydroxylation is 1. The topological polar surface area (TPSA) is 55.4 Å². The van der Waals surface area contributed by atoms with Crippen molar-refractivity contribution in [1.29, 1.82) is 0 Å². The molecule has 0 radical (unpaired) electrons. The zero-order valence-corrected chi connectivity index (χ0v) is 14.2. The standard InChI is InChI=1S/C17H14Cl2FNO3/c1-10-2-5-13(8-15(10)20)21-16(22)9-24-17(23)6-11-3-4-12(18)7-14(11)19/h2-5,7-8H,6,9H2,1H3,(H,21,22). The summed E-state index contributed by atoms with van der Waals surface area (Å²) in [5, 5.41) is 3.25. The van der Waals surface area contributed by atoms with E-state index in [1.807, 2.05) is 0 Å². The molecule has 126 valence electrons. The maximum atomic E-state index is 13.4. The van der Waals surface area contributed by atoms with E-state index in [0.717, 1.165) is 0 Å². The SMILES string of the molecule is Cc1ccc(NC(=O)COC(=O)Cc2ccc(Cl)cc2Cl)cc1F. The molecule has 0 heterocycles. The average Bonchev–Trinajstić information content (AvgIpc) is 2.52. The minimum atomic E-state index is -0.607. The first-order valence-corrected chi connectivity index (χ1v) is 7.76. The first kappa shape index (κ1) is 18.2. The Morgan fingerprint density at radius 2 is 1.92 bits per heavy atom. The Morgan fingerprint density at radius 3 is 2.58 bits per heavy atom. The summed E-state index contributed by atoms with van der Waals surface area (Å²) in [7, 11) is 0. The summed E-state index contributed by atoms with van der Waals surface area (Å²) in [4.78, 5) is 23.5. The maximum absolute atomic E-state index is 13.4. The van der Waals surface area contributed by atoms with Gasteiger partial charge in [0.2, 0.25) is 0 Å². The molecule has 0 spiro atoms. The Hall–Kier alpha value is -2.11. The van der Waals surface area contributed by atoms with Crippen molar-refractivity contribution in [1.82, 2.24) is 0 Å². The Morgan fingerprint density at radius 1 is 1.17 bits per heavy atom. The van der Waals surface area contributed by atoms with E-state index in [1.165, 1.54) is 12.1 Å². The van der Waals surface area contributed by atoms with Crippen LogP contribution < -0.4 is 5.32 Å². The number of hydrogen-bond acceptors (Lipinski definition) is 3. The lowest BCUT2D eigenvalue weighted by Crippen LogP contribution is -2.21. The predicted octanol–water partition coefficient (Wildman–Crippen LogP) is 4.17. The molecule has 0 unspecified atom stereocenters. The molecule has 0 aliphatic carbocycles. The van der Waals surface area contributed by atoms with Crippen LogP contribution in [0.1, 0.15) is 11.1 Å². The predicted molar refractivity (Wildman–Crippen MR) is 90.9 cm³/mol. The van der Waals surface area contributed by atoms with Crippen molar-refractivity contribution in [2.24, 2.45) is 0 Å². The van der Waals surface area contributed by atoms with Crippen LogP contribution in [0.3, 0.4) is 0 Å². The number of carbonyl (C=O) groups is 2. The van der Waals surface area contributed by atoms with Gasteiger partial charge in [0.1, 0.15) is 5.82 Å². The van der Waals surface area contributed by atoms with E-state index in [9.17, 15) is 14.0 Å². The fraction of sp³-hybridized carbons (Fsp3) is 0.176. The lowest BCUT2D eigenvalue weighted by molar-refractivity contribution is -0.146. The van der Waals surface area contributed by atoms with E-state index in [2.05, 4.69) is 5.32 Å². The molecule has 2 rings (SSSR count). The summed E-state index contributed by atoms with van der Waals surface area (Å²) in [6.45, 7) is 1.14. The summed E-state index contributed by atoms with van der Waals surface area (Å²) in [6, 6.07) is 9.04. The summed E-state index contributed by atoms with van der Waals surface area (Å²) in [5.41, 5.74) is 1.31. The van der Waals surface area contributed by atoms with Gasteiger partial charge in [-0.05, 0) is 42.3 Å². The van der Waals surface area contributed by atoms with E-state index in [4.69, 9.17) is 27.9 Å². The van der Waals surface area contributed by atoms with Crippen LogP contribution in [0.5, 0.6) is 0 Å². The fourth-order valence-electron chi connectivity index (χ4n) is 1.89. The summed E-state index contributed by atoms with van der Waals surface area (Å²) >= 11 is 11.7. The molecule has 0 aromatic heterocycles. The quantitative estimate of drug-likeness (QED) is 0.804. The van der Waals surface area contributed by atoms with E-state index in [0.29, 0.717) is 26.9 Å². The van der Waals surface area contributed by atoms with Crippen LogP contribution in [-0.4, -0.2) is 18.5 Å². The molecule has 7 heteroatoms. The monoisotopic (exact) mass is 369 g/mol. The number of amides is 1. The highest BCUT2D eigenvalue weighted by Crippen LogP contribution is 2.21. The van der Waals surface area contributed by atoms with Crippen LogP contribution in [0.4, 0.5) is 10.1 Å². The number of rotatable bonds is 5. The Balaban J connectivity index is 1.84. The number of benzene rings is 2. The van der Waals surface area contributed by atoms with Crippen LogP contribution in [0.15, 0.2) is 36.4 Å². The first-order valence-electron chi connectivity index (χ1n) is 7.00. The lowest BCUT2D eigenvalue weighted by Gasteiger charge is -2.08. The highest BCUT2D eigenvalue weighted by molar-refractivity contribution is 6.35. The number of hydrogen-bond donors (Lipinski definition) is 1. The molecule has 0 bridgehead atoms. The van der Waals surface area contributed by atoms with Gasteiger partial charge >= 0.3 is 5.97 Å². The Kier molecular flexibility index (Phi) is 6.17. The number of halogens is 3. The van der Waals surface area contributed by atoms with Crippen molar-refractivity contribution in [2.75, 3.05) is 11.9 Å². The number of anilines is 1. The number of ether oxygens (including phenoxy) is 1. The summed E-state index contributed by atoms with van der Waals surface area (Å²) in [6.07, 6.45) is -0.0809. The second-order valence-corrected chi connectivity index (χ2v) is 5.93. The molecule has 2 aromatic rings. The second kappa shape index (κ2) is 8.13. The average molecular weight is 370 g/mol. The molecule has 4 nitrogen and oxygen atoms in total. The molecule has 0 saturated carbocycles. The smallest absolute Gasteiger partial charge is 0.310 e. The van der Waals surface area contributed by atoms with Gasteiger partial charge in [0.15, 0.2) is 6.61 Å². The van der Waals surface area contributed by atoms with Crippen molar-refractivity contribution in [3.8, 4) is 0 Å². The van der Waals surface area contributed by atoms with E-state index in [-0.39, 0.29) is 6.42 Å². The van der Waals surface area contributed by atoms with Gasteiger partial charge in [-0.1, -0.05) is 35.3 Å². The summed E-state index contributed by atoms with van der Waals surface area (Å²) < 4.78 is 18.3. The van der Waals surface area contributed by atoms with Crippen LogP contribution in [0.2, 0.25) is 10.0 Å². The zero-order chi connectivity index (χ0) is 17.7. The molecule has 1 amide bonds. The largest absolute Gasteiger partial charge is 0.455 e. The third-order valence-electron chi connectivity index (χ3n) is 3.17. The first-order chi connectivity index (χ1) is 11.3. The molecule has 1 N–H and O–H groups in total. The van der Waals surface area contributed by atoms with Gasteiger partial charge in [-0.3, -0.25) is 9.59 Å². The summed E-state index contributed by atoms with van der Waals surface area (Å²) in [5.74, 6) is -1.60.